The topological polar surface area (TPSA) is 56.6 Å². The normalized spacial score (nSPS) is 18.4. The average molecular weight is 417 g/mol. The van der Waals surface area contributed by atoms with Crippen molar-refractivity contribution < 1.29 is 22.7 Å². The molecule has 1 saturated heterocycles. The van der Waals surface area contributed by atoms with Crippen LogP contribution in [0.4, 0.5) is 18.9 Å². The fourth-order valence-electron chi connectivity index (χ4n) is 3.72. The molecule has 1 unspecified atom stereocenters. The van der Waals surface area contributed by atoms with Crippen LogP contribution < -0.4 is 9.64 Å². The molecule has 2 aliphatic rings. The Morgan fingerprint density at radius 3 is 2.62 bits per heavy atom. The Balaban J connectivity index is 1.71. The summed E-state index contributed by atoms with van der Waals surface area (Å²) in [5, 5.41) is 9.12. The lowest BCUT2D eigenvalue weighted by molar-refractivity contribution is -0.137. The summed E-state index contributed by atoms with van der Waals surface area (Å²) in [4.78, 5) is 15.9. The van der Waals surface area contributed by atoms with Gasteiger partial charge in [0.25, 0.3) is 5.91 Å². The number of carbonyl (C=O) groups is 1. The van der Waals surface area contributed by atoms with Gasteiger partial charge in [0, 0.05) is 13.0 Å². The molecule has 0 aliphatic carbocycles. The van der Waals surface area contributed by atoms with Crippen LogP contribution >= 0.6 is 12.2 Å². The van der Waals surface area contributed by atoms with Crippen LogP contribution in [0.5, 0.6) is 5.75 Å². The molecule has 0 bridgehead atoms. The number of fused-ring (bicyclic) bond motifs is 2. The van der Waals surface area contributed by atoms with E-state index in [1.807, 2.05) is 12.1 Å². The molecule has 2 heterocycles. The highest BCUT2D eigenvalue weighted by Gasteiger charge is 2.46. The molecule has 9 heteroatoms. The number of rotatable bonds is 2. The largest absolute Gasteiger partial charge is 0.497 e. The first-order valence-electron chi connectivity index (χ1n) is 8.66. The zero-order chi connectivity index (χ0) is 20.9. The van der Waals surface area contributed by atoms with Gasteiger partial charge in [0.1, 0.15) is 11.8 Å². The monoisotopic (exact) mass is 417 g/mol. The van der Waals surface area contributed by atoms with E-state index in [9.17, 15) is 18.0 Å². The average Bonchev–Trinajstić information content (AvgIpc) is 2.94. The van der Waals surface area contributed by atoms with Gasteiger partial charge in [-0.15, -0.1) is 0 Å². The molecule has 2 aromatic carbocycles. The van der Waals surface area contributed by atoms with E-state index in [4.69, 9.17) is 22.2 Å². The molecule has 2 aliphatic heterocycles. The lowest BCUT2D eigenvalue weighted by Crippen LogP contribution is -2.39. The minimum atomic E-state index is -4.72. The summed E-state index contributed by atoms with van der Waals surface area (Å²) in [5.74, 6) is 0.298. The molecule has 1 fully saturated rings. The highest BCUT2D eigenvalue weighted by atomic mass is 32.1. The van der Waals surface area contributed by atoms with Crippen molar-refractivity contribution in [3.63, 3.8) is 0 Å². The number of methoxy groups -OCH3 is 1. The van der Waals surface area contributed by atoms with E-state index >= 15 is 0 Å². The highest BCUT2D eigenvalue weighted by molar-refractivity contribution is 7.80. The number of hydrogen-bond acceptors (Lipinski definition) is 4. The zero-order valence-corrected chi connectivity index (χ0v) is 16.0. The molecule has 29 heavy (non-hydrogen) atoms. The molecule has 148 valence electrons. The van der Waals surface area contributed by atoms with Gasteiger partial charge in [-0.2, -0.15) is 18.4 Å². The standard InChI is InChI=1S/C20H14F3N3O2S/c1-28-15-5-3-11-7-17-18(27)26(19(29)25(17)10-13(11)6-15)14-4-2-12(9-24)16(8-14)20(21,22)23/h2-6,8,17H,7,10H2,1H3. The van der Waals surface area contributed by atoms with Gasteiger partial charge in [-0.25, -0.2) is 0 Å². The van der Waals surface area contributed by atoms with Gasteiger partial charge in [0.2, 0.25) is 0 Å². The van der Waals surface area contributed by atoms with Crippen LogP contribution in [0.15, 0.2) is 36.4 Å². The van der Waals surface area contributed by atoms with Crippen molar-refractivity contribution in [2.24, 2.45) is 0 Å². The molecular weight excluding hydrogens is 403 g/mol. The molecule has 0 spiro atoms. The van der Waals surface area contributed by atoms with Crippen LogP contribution in [0.1, 0.15) is 22.3 Å². The van der Waals surface area contributed by atoms with Gasteiger partial charge in [0.05, 0.1) is 30.0 Å². The van der Waals surface area contributed by atoms with Gasteiger partial charge < -0.3 is 9.64 Å². The Morgan fingerprint density at radius 1 is 1.21 bits per heavy atom. The summed E-state index contributed by atoms with van der Waals surface area (Å²) < 4.78 is 45.2. The second-order valence-electron chi connectivity index (χ2n) is 6.78. The number of benzene rings is 2. The smallest absolute Gasteiger partial charge is 0.417 e. The number of amides is 1. The molecule has 4 rings (SSSR count). The molecule has 0 N–H and O–H groups in total. The maximum Gasteiger partial charge on any atom is 0.417 e. The van der Waals surface area contributed by atoms with Gasteiger partial charge in [0.15, 0.2) is 5.11 Å². The van der Waals surface area contributed by atoms with Crippen molar-refractivity contribution >= 4 is 28.9 Å². The van der Waals surface area contributed by atoms with Crippen LogP contribution in [0, 0.1) is 11.3 Å². The van der Waals surface area contributed by atoms with Gasteiger partial charge in [-0.1, -0.05) is 6.07 Å². The van der Waals surface area contributed by atoms with Crippen molar-refractivity contribution in [3.8, 4) is 11.8 Å². The summed E-state index contributed by atoms with van der Waals surface area (Å²) in [6.45, 7) is 0.362. The van der Waals surface area contributed by atoms with E-state index in [2.05, 4.69) is 0 Å². The van der Waals surface area contributed by atoms with Crippen molar-refractivity contribution in [1.29, 1.82) is 5.26 Å². The van der Waals surface area contributed by atoms with Crippen LogP contribution in [0.2, 0.25) is 0 Å². The zero-order valence-electron chi connectivity index (χ0n) is 15.2. The molecule has 1 atom stereocenters. The number of alkyl halides is 3. The second-order valence-corrected chi connectivity index (χ2v) is 7.14. The minimum Gasteiger partial charge on any atom is -0.497 e. The molecule has 1 amide bonds. The van der Waals surface area contributed by atoms with E-state index in [1.54, 1.807) is 18.1 Å². The quantitative estimate of drug-likeness (QED) is 0.699. The second kappa shape index (κ2) is 6.74. The predicted octanol–water partition coefficient (Wildman–Crippen LogP) is 3.64. The third-order valence-electron chi connectivity index (χ3n) is 5.17. The van der Waals surface area contributed by atoms with Crippen LogP contribution in [-0.2, 0) is 23.9 Å². The van der Waals surface area contributed by atoms with Gasteiger partial charge in [-0.05, 0) is 53.7 Å². The predicted molar refractivity (Wildman–Crippen MR) is 102 cm³/mol. The molecular formula is C20H14F3N3O2S. The Morgan fingerprint density at radius 2 is 1.97 bits per heavy atom. The molecule has 0 radical (unpaired) electrons. The number of nitriles is 1. The lowest BCUT2D eigenvalue weighted by Gasteiger charge is -2.30. The molecule has 0 saturated carbocycles. The summed E-state index contributed by atoms with van der Waals surface area (Å²) in [6.07, 6.45) is -4.32. The number of carbonyl (C=O) groups excluding carboxylic acids is 1. The van der Waals surface area contributed by atoms with Crippen LogP contribution in [0.25, 0.3) is 0 Å². The van der Waals surface area contributed by atoms with Crippen molar-refractivity contribution in [1.82, 2.24) is 4.90 Å². The fraction of sp³-hybridized carbons (Fsp3) is 0.250. The van der Waals surface area contributed by atoms with Crippen molar-refractivity contribution in [2.45, 2.75) is 25.2 Å². The first-order chi connectivity index (χ1) is 13.7. The summed E-state index contributed by atoms with van der Waals surface area (Å²) in [5.41, 5.74) is 0.332. The van der Waals surface area contributed by atoms with E-state index in [0.717, 1.165) is 28.2 Å². The van der Waals surface area contributed by atoms with Crippen LogP contribution in [0.3, 0.4) is 0 Å². The number of nitrogens with zero attached hydrogens (tertiary/aromatic N) is 3. The summed E-state index contributed by atoms with van der Waals surface area (Å²) >= 11 is 5.44. The Bertz CT molecular complexity index is 1080. The van der Waals surface area contributed by atoms with Gasteiger partial charge in [-0.3, -0.25) is 9.69 Å². The third-order valence-corrected chi connectivity index (χ3v) is 5.59. The molecule has 0 aromatic heterocycles. The Hall–Kier alpha value is -3.12. The molecule has 5 nitrogen and oxygen atoms in total. The Labute approximate surface area is 169 Å². The summed E-state index contributed by atoms with van der Waals surface area (Å²) in [6, 6.07) is 9.69. The maximum atomic E-state index is 13.3. The fourth-order valence-corrected chi connectivity index (χ4v) is 4.11. The van der Waals surface area contributed by atoms with Crippen molar-refractivity contribution in [2.75, 3.05) is 12.0 Å². The van der Waals surface area contributed by atoms with Crippen LogP contribution in [-0.4, -0.2) is 29.1 Å². The first kappa shape index (κ1) is 19.2. The Kier molecular flexibility index (Phi) is 4.46. The van der Waals surface area contributed by atoms with E-state index in [0.29, 0.717) is 18.7 Å². The van der Waals surface area contributed by atoms with E-state index in [-0.39, 0.29) is 16.7 Å². The first-order valence-corrected chi connectivity index (χ1v) is 9.07. The number of thiocarbonyl (C=S) groups is 1. The SMILES string of the molecule is COc1ccc2c(c1)CN1C(=S)N(c3ccc(C#N)c(C(F)(F)F)c3)C(=O)C1C2. The van der Waals surface area contributed by atoms with E-state index in [1.165, 1.54) is 12.1 Å². The number of hydrogen-bond donors (Lipinski definition) is 0. The third kappa shape index (κ3) is 3.09. The van der Waals surface area contributed by atoms with Crippen molar-refractivity contribution in [3.05, 3.63) is 58.7 Å². The minimum absolute atomic E-state index is 0.00219. The molecule has 2 aromatic rings. The summed E-state index contributed by atoms with van der Waals surface area (Å²) in [7, 11) is 1.56. The highest BCUT2D eigenvalue weighted by Crippen LogP contribution is 2.38. The number of ether oxygens (including phenoxy) is 1. The van der Waals surface area contributed by atoms with Gasteiger partial charge >= 0.3 is 6.18 Å². The number of anilines is 1. The number of halogens is 3. The van der Waals surface area contributed by atoms with E-state index < -0.39 is 23.3 Å². The lowest BCUT2D eigenvalue weighted by atomic mass is 9.94. The maximum absolute atomic E-state index is 13.3.